The van der Waals surface area contributed by atoms with Gasteiger partial charge in [-0.1, -0.05) is 17.7 Å². The number of carbonyl (C=O) groups excluding carboxylic acids is 1. The molecule has 0 saturated carbocycles. The maximum Gasteiger partial charge on any atom is 0.408 e. The quantitative estimate of drug-likeness (QED) is 0.904. The van der Waals surface area contributed by atoms with Gasteiger partial charge in [-0.2, -0.15) is 0 Å². The van der Waals surface area contributed by atoms with Crippen molar-refractivity contribution >= 4 is 17.7 Å². The van der Waals surface area contributed by atoms with Gasteiger partial charge in [-0.25, -0.2) is 13.6 Å². The molecule has 1 aliphatic heterocycles. The van der Waals surface area contributed by atoms with Gasteiger partial charge in [0.25, 0.3) is 0 Å². The van der Waals surface area contributed by atoms with Crippen LogP contribution in [0.3, 0.4) is 0 Å². The van der Waals surface area contributed by atoms with Crippen LogP contribution in [-0.2, 0) is 4.74 Å². The number of benzene rings is 1. The fourth-order valence-corrected chi connectivity index (χ4v) is 1.89. The fraction of sp³-hybridized carbons (Fsp3) is 0.364. The third-order valence-corrected chi connectivity index (χ3v) is 2.90. The summed E-state index contributed by atoms with van der Waals surface area (Å²) in [5, 5.41) is 2.39. The smallest absolute Gasteiger partial charge is 0.408 e. The van der Waals surface area contributed by atoms with Crippen molar-refractivity contribution in [2.45, 2.75) is 12.0 Å². The Morgan fingerprint density at radius 2 is 2.28 bits per heavy atom. The number of alkyl halides is 2. The van der Waals surface area contributed by atoms with Crippen LogP contribution in [0.15, 0.2) is 18.2 Å². The van der Waals surface area contributed by atoms with E-state index in [0.717, 1.165) is 0 Å². The van der Waals surface area contributed by atoms with Crippen molar-refractivity contribution in [2.24, 2.45) is 0 Å². The second-order valence-corrected chi connectivity index (χ2v) is 4.22. The average Bonchev–Trinajstić information content (AvgIpc) is 2.33. The first-order valence-corrected chi connectivity index (χ1v) is 5.46. The molecule has 0 radical (unpaired) electrons. The zero-order valence-electron chi connectivity index (χ0n) is 9.38. The lowest BCUT2D eigenvalue weighted by molar-refractivity contribution is -0.104. The van der Waals surface area contributed by atoms with Gasteiger partial charge in [0.2, 0.25) is 0 Å². The third kappa shape index (κ3) is 2.33. The summed E-state index contributed by atoms with van der Waals surface area (Å²) < 4.78 is 36.5. The summed E-state index contributed by atoms with van der Waals surface area (Å²) in [6, 6.07) is 2.76. The lowest BCUT2D eigenvalue weighted by Gasteiger charge is -2.32. The van der Waals surface area contributed by atoms with Gasteiger partial charge in [0, 0.05) is 0 Å². The summed E-state index contributed by atoms with van der Waals surface area (Å²) in [4.78, 5) is 11.0. The molecule has 1 amide bonds. The normalized spacial score (nSPS) is 22.0. The number of methoxy groups -OCH3 is 1. The van der Waals surface area contributed by atoms with Crippen molar-refractivity contribution in [3.63, 3.8) is 0 Å². The highest BCUT2D eigenvalue weighted by atomic mass is 35.5. The molecule has 1 aromatic carbocycles. The number of alkyl carbamates (subject to hydrolysis) is 1. The van der Waals surface area contributed by atoms with E-state index in [2.05, 4.69) is 10.1 Å². The minimum atomic E-state index is -3.19. The molecule has 1 fully saturated rings. The predicted octanol–water partition coefficient (Wildman–Crippen LogP) is 2.76. The zero-order chi connectivity index (χ0) is 13.3. The van der Waals surface area contributed by atoms with Crippen LogP contribution < -0.4 is 10.1 Å². The molecule has 4 nitrogen and oxygen atoms in total. The Bertz CT molecular complexity index is 481. The maximum atomic E-state index is 13.7. The number of ether oxygens (including phenoxy) is 2. The van der Waals surface area contributed by atoms with Crippen molar-refractivity contribution < 1.29 is 23.0 Å². The number of rotatable bonds is 2. The van der Waals surface area contributed by atoms with E-state index in [1.54, 1.807) is 0 Å². The van der Waals surface area contributed by atoms with E-state index in [9.17, 15) is 13.6 Å². The summed E-state index contributed by atoms with van der Waals surface area (Å²) >= 11 is 5.81. The van der Waals surface area contributed by atoms with Crippen molar-refractivity contribution in [3.8, 4) is 5.75 Å². The SMILES string of the molecule is COc1cc([C@H]2NC(=O)OCC2(F)F)ccc1Cl. The predicted molar refractivity (Wildman–Crippen MR) is 60.2 cm³/mol. The maximum absolute atomic E-state index is 13.7. The lowest BCUT2D eigenvalue weighted by atomic mass is 10.00. The summed E-state index contributed by atoms with van der Waals surface area (Å²) in [6.45, 7) is -0.950. The van der Waals surface area contributed by atoms with Crippen LogP contribution in [0.5, 0.6) is 5.75 Å². The molecule has 2 rings (SSSR count). The first-order chi connectivity index (χ1) is 8.44. The molecule has 18 heavy (non-hydrogen) atoms. The van der Waals surface area contributed by atoms with Gasteiger partial charge in [-0.3, -0.25) is 0 Å². The summed E-state index contributed by atoms with van der Waals surface area (Å²) in [6.07, 6.45) is -0.875. The molecule has 0 aromatic heterocycles. The van der Waals surface area contributed by atoms with Crippen LogP contribution in [-0.4, -0.2) is 25.7 Å². The zero-order valence-corrected chi connectivity index (χ0v) is 10.1. The number of hydrogen-bond donors (Lipinski definition) is 1. The number of amides is 1. The number of hydrogen-bond acceptors (Lipinski definition) is 3. The van der Waals surface area contributed by atoms with E-state index in [1.807, 2.05) is 0 Å². The first kappa shape index (κ1) is 12.9. The van der Waals surface area contributed by atoms with Crippen LogP contribution in [0, 0.1) is 0 Å². The molecule has 7 heteroatoms. The Labute approximate surface area is 107 Å². The molecule has 0 unspecified atom stereocenters. The molecule has 1 heterocycles. The minimum absolute atomic E-state index is 0.206. The van der Waals surface area contributed by atoms with Gasteiger partial charge in [-0.05, 0) is 17.7 Å². The highest BCUT2D eigenvalue weighted by Gasteiger charge is 2.46. The Balaban J connectivity index is 2.37. The third-order valence-electron chi connectivity index (χ3n) is 2.59. The van der Waals surface area contributed by atoms with Crippen molar-refractivity contribution in [2.75, 3.05) is 13.7 Å². The van der Waals surface area contributed by atoms with Crippen molar-refractivity contribution in [1.82, 2.24) is 5.32 Å². The molecule has 1 aromatic rings. The monoisotopic (exact) mass is 277 g/mol. The van der Waals surface area contributed by atoms with Gasteiger partial charge < -0.3 is 14.8 Å². The molecule has 98 valence electrons. The Morgan fingerprint density at radius 1 is 1.56 bits per heavy atom. The highest BCUT2D eigenvalue weighted by molar-refractivity contribution is 6.32. The molecule has 0 aliphatic carbocycles. The van der Waals surface area contributed by atoms with E-state index in [4.69, 9.17) is 16.3 Å². The van der Waals surface area contributed by atoms with Crippen LogP contribution in [0.1, 0.15) is 11.6 Å². The molecule has 1 saturated heterocycles. The van der Waals surface area contributed by atoms with Crippen LogP contribution in [0.4, 0.5) is 13.6 Å². The lowest BCUT2D eigenvalue weighted by Crippen LogP contribution is -2.49. The fourth-order valence-electron chi connectivity index (χ4n) is 1.69. The molecular weight excluding hydrogens is 268 g/mol. The van der Waals surface area contributed by atoms with Gasteiger partial charge in [-0.15, -0.1) is 0 Å². The molecular formula is C11H10ClF2NO3. The van der Waals surface area contributed by atoms with E-state index in [0.29, 0.717) is 5.02 Å². The Morgan fingerprint density at radius 3 is 2.94 bits per heavy atom. The average molecular weight is 278 g/mol. The Kier molecular flexibility index (Phi) is 3.30. The second-order valence-electron chi connectivity index (χ2n) is 3.81. The van der Waals surface area contributed by atoms with Gasteiger partial charge >= 0.3 is 12.0 Å². The van der Waals surface area contributed by atoms with E-state index >= 15 is 0 Å². The number of nitrogens with one attached hydrogen (secondary N) is 1. The summed E-state index contributed by atoms with van der Waals surface area (Å²) in [5.74, 6) is -2.92. The van der Waals surface area contributed by atoms with Gasteiger partial charge in [0.05, 0.1) is 12.1 Å². The summed E-state index contributed by atoms with van der Waals surface area (Å²) in [5.41, 5.74) is 0.206. The summed E-state index contributed by atoms with van der Waals surface area (Å²) in [7, 11) is 1.38. The van der Waals surface area contributed by atoms with Crippen molar-refractivity contribution in [3.05, 3.63) is 28.8 Å². The highest BCUT2D eigenvalue weighted by Crippen LogP contribution is 2.37. The van der Waals surface area contributed by atoms with Gasteiger partial charge in [0.1, 0.15) is 11.8 Å². The van der Waals surface area contributed by atoms with Crippen LogP contribution >= 0.6 is 11.6 Å². The standard InChI is InChI=1S/C11H10ClF2NO3/c1-17-8-4-6(2-3-7(8)12)9-11(13,14)5-18-10(16)15-9/h2-4,9H,5H2,1H3,(H,15,16)/t9-/m1/s1. The van der Waals surface area contributed by atoms with E-state index in [-0.39, 0.29) is 11.3 Å². The van der Waals surface area contributed by atoms with Crippen LogP contribution in [0.2, 0.25) is 5.02 Å². The molecule has 1 N–H and O–H groups in total. The minimum Gasteiger partial charge on any atom is -0.495 e. The van der Waals surface area contributed by atoms with Gasteiger partial charge in [0.15, 0.2) is 6.61 Å². The second kappa shape index (κ2) is 4.61. The number of cyclic esters (lactones) is 1. The molecule has 0 spiro atoms. The molecule has 1 aliphatic rings. The molecule has 0 bridgehead atoms. The molecule has 1 atom stereocenters. The van der Waals surface area contributed by atoms with E-state index in [1.165, 1.54) is 25.3 Å². The Hall–Kier alpha value is -1.56. The van der Waals surface area contributed by atoms with Crippen LogP contribution in [0.25, 0.3) is 0 Å². The first-order valence-electron chi connectivity index (χ1n) is 5.08. The number of carbonyl (C=O) groups is 1. The van der Waals surface area contributed by atoms with Crippen molar-refractivity contribution in [1.29, 1.82) is 0 Å². The largest absolute Gasteiger partial charge is 0.495 e. The van der Waals surface area contributed by atoms with E-state index < -0.39 is 24.7 Å². The number of halogens is 3. The topological polar surface area (TPSA) is 47.6 Å².